The normalized spacial score (nSPS) is 10.6. The van der Waals surface area contributed by atoms with E-state index in [0.717, 1.165) is 5.69 Å². The van der Waals surface area contributed by atoms with Crippen molar-refractivity contribution in [2.75, 3.05) is 12.4 Å². The molecule has 4 rings (SSSR count). The molecule has 1 aromatic carbocycles. The van der Waals surface area contributed by atoms with Gasteiger partial charge < -0.3 is 10.6 Å². The maximum Gasteiger partial charge on any atom is 0.274 e. The van der Waals surface area contributed by atoms with E-state index < -0.39 is 11.8 Å². The quantitative estimate of drug-likeness (QED) is 0.423. The largest absolute Gasteiger partial charge is 0.355 e. The van der Waals surface area contributed by atoms with Gasteiger partial charge in [0.1, 0.15) is 5.69 Å². The van der Waals surface area contributed by atoms with Gasteiger partial charge in [-0.05, 0) is 49.7 Å². The van der Waals surface area contributed by atoms with Gasteiger partial charge in [0.15, 0.2) is 5.82 Å². The Balaban J connectivity index is 1.78. The van der Waals surface area contributed by atoms with Crippen LogP contribution in [0.25, 0.3) is 5.82 Å². The summed E-state index contributed by atoms with van der Waals surface area (Å²) in [5.41, 5.74) is 2.70. The fraction of sp³-hybridized carbons (Fsp3) is 0.174. The van der Waals surface area contributed by atoms with Crippen molar-refractivity contribution in [1.82, 2.24) is 35.1 Å². The van der Waals surface area contributed by atoms with E-state index in [1.807, 2.05) is 13.0 Å². The number of rotatable bonds is 6. The number of aryl methyl sites for hydroxylation is 2. The molecule has 2 N–H and O–H groups in total. The molecule has 0 spiro atoms. The van der Waals surface area contributed by atoms with Gasteiger partial charge >= 0.3 is 0 Å². The Morgan fingerprint density at radius 3 is 2.66 bits per heavy atom. The highest BCUT2D eigenvalue weighted by Gasteiger charge is 2.23. The van der Waals surface area contributed by atoms with Crippen LogP contribution in [-0.2, 0) is 6.54 Å². The average Bonchev–Trinajstić information content (AvgIpc) is 3.45. The van der Waals surface area contributed by atoms with E-state index in [9.17, 15) is 14.9 Å². The summed E-state index contributed by atoms with van der Waals surface area (Å²) in [6.07, 6.45) is 3.29. The van der Waals surface area contributed by atoms with Crippen LogP contribution in [0.1, 0.15) is 43.4 Å². The lowest BCUT2D eigenvalue weighted by molar-refractivity contribution is 0.0964. The zero-order valence-corrected chi connectivity index (χ0v) is 19.8. The van der Waals surface area contributed by atoms with Crippen LogP contribution >= 0.6 is 11.6 Å². The van der Waals surface area contributed by atoms with Crippen molar-refractivity contribution in [3.05, 3.63) is 81.5 Å². The molecule has 0 unspecified atom stereocenters. The van der Waals surface area contributed by atoms with Gasteiger partial charge in [-0.1, -0.05) is 16.8 Å². The average molecular weight is 490 g/mol. The molecule has 35 heavy (non-hydrogen) atoms. The van der Waals surface area contributed by atoms with Crippen LogP contribution in [0, 0.1) is 25.2 Å². The first-order valence-corrected chi connectivity index (χ1v) is 10.8. The van der Waals surface area contributed by atoms with Gasteiger partial charge in [0.05, 0.1) is 45.8 Å². The number of benzene rings is 1. The molecule has 4 aromatic rings. The number of nitrogens with zero attached hydrogens (tertiary/aromatic N) is 7. The van der Waals surface area contributed by atoms with Gasteiger partial charge in [-0.25, -0.2) is 14.3 Å². The topological polar surface area (TPSA) is 143 Å². The number of pyridine rings is 1. The molecule has 0 bridgehead atoms. The van der Waals surface area contributed by atoms with Crippen LogP contribution in [0.3, 0.4) is 0 Å². The SMILES string of the molecule is CNC(=O)c1cc(C#N)cc(C)c1NC(=O)c1cc(Cn2cc(C)nn2)nn1-c1ncccc1Cl. The number of anilines is 1. The monoisotopic (exact) mass is 489 g/mol. The number of nitriles is 1. The van der Waals surface area contributed by atoms with E-state index in [1.54, 1.807) is 48.3 Å². The fourth-order valence-corrected chi connectivity index (χ4v) is 3.71. The third-order valence-corrected chi connectivity index (χ3v) is 5.38. The van der Waals surface area contributed by atoms with Crippen LogP contribution in [-0.4, -0.2) is 48.6 Å². The first-order chi connectivity index (χ1) is 16.8. The lowest BCUT2D eigenvalue weighted by Gasteiger charge is -2.14. The molecule has 0 atom stereocenters. The van der Waals surface area contributed by atoms with Crippen LogP contribution in [0.2, 0.25) is 5.02 Å². The third kappa shape index (κ3) is 4.87. The predicted molar refractivity (Wildman–Crippen MR) is 127 cm³/mol. The van der Waals surface area contributed by atoms with E-state index in [0.29, 0.717) is 21.8 Å². The Kier molecular flexibility index (Phi) is 6.57. The van der Waals surface area contributed by atoms with E-state index in [2.05, 4.69) is 31.0 Å². The minimum atomic E-state index is -0.543. The zero-order chi connectivity index (χ0) is 25.1. The lowest BCUT2D eigenvalue weighted by Crippen LogP contribution is -2.24. The number of halogens is 1. The van der Waals surface area contributed by atoms with Crippen LogP contribution in [0.4, 0.5) is 5.69 Å². The summed E-state index contributed by atoms with van der Waals surface area (Å²) in [6.45, 7) is 3.78. The van der Waals surface area contributed by atoms with Gasteiger partial charge in [0.2, 0.25) is 0 Å². The molecule has 176 valence electrons. The molecule has 0 saturated heterocycles. The molecule has 0 radical (unpaired) electrons. The standard InChI is InChI=1S/C23H20ClN9O2/c1-13-7-15(10-25)8-17(22(34)26-3)20(13)28-23(35)19-9-16(12-32-11-14(2)29-31-32)30-33(19)21-18(24)5-4-6-27-21/h4-9,11H,12H2,1-3H3,(H,26,34)(H,28,35). The van der Waals surface area contributed by atoms with Crippen molar-refractivity contribution >= 4 is 29.1 Å². The predicted octanol–water partition coefficient (Wildman–Crippen LogP) is 2.66. The molecule has 0 saturated carbocycles. The van der Waals surface area contributed by atoms with Gasteiger partial charge in [-0.3, -0.25) is 9.59 Å². The molecule has 12 heteroatoms. The lowest BCUT2D eigenvalue weighted by atomic mass is 10.0. The maximum absolute atomic E-state index is 13.5. The van der Waals surface area contributed by atoms with Crippen LogP contribution in [0.15, 0.2) is 42.7 Å². The summed E-state index contributed by atoms with van der Waals surface area (Å²) in [7, 11) is 1.47. The summed E-state index contributed by atoms with van der Waals surface area (Å²) in [5, 5.41) is 27.4. The smallest absolute Gasteiger partial charge is 0.274 e. The molecule has 0 aliphatic rings. The van der Waals surface area contributed by atoms with Gasteiger partial charge in [-0.15, -0.1) is 5.10 Å². The number of carbonyl (C=O) groups is 2. The van der Waals surface area contributed by atoms with Gasteiger partial charge in [-0.2, -0.15) is 10.4 Å². The van der Waals surface area contributed by atoms with Crippen molar-refractivity contribution in [3.8, 4) is 11.9 Å². The molecule has 11 nitrogen and oxygen atoms in total. The van der Waals surface area contributed by atoms with Crippen molar-refractivity contribution in [2.45, 2.75) is 20.4 Å². The third-order valence-electron chi connectivity index (χ3n) is 5.08. The Labute approximate surface area is 205 Å². The highest BCUT2D eigenvalue weighted by molar-refractivity contribution is 6.32. The highest BCUT2D eigenvalue weighted by atomic mass is 35.5. The molecule has 2 amide bonds. The van der Waals surface area contributed by atoms with Crippen molar-refractivity contribution in [2.24, 2.45) is 0 Å². The van der Waals surface area contributed by atoms with E-state index >= 15 is 0 Å². The van der Waals surface area contributed by atoms with Crippen LogP contribution < -0.4 is 10.6 Å². The Hall–Kier alpha value is -4.56. The second-order valence-electron chi connectivity index (χ2n) is 7.66. The van der Waals surface area contributed by atoms with E-state index in [4.69, 9.17) is 11.6 Å². The number of aromatic nitrogens is 6. The minimum Gasteiger partial charge on any atom is -0.355 e. The fourth-order valence-electron chi connectivity index (χ4n) is 3.51. The van der Waals surface area contributed by atoms with Crippen molar-refractivity contribution < 1.29 is 9.59 Å². The molecule has 0 aliphatic carbocycles. The number of carbonyl (C=O) groups excluding carboxylic acids is 2. The van der Waals surface area contributed by atoms with Gasteiger partial charge in [0, 0.05) is 19.4 Å². The van der Waals surface area contributed by atoms with E-state index in [-0.39, 0.29) is 29.3 Å². The number of nitrogens with one attached hydrogen (secondary N) is 2. The minimum absolute atomic E-state index is 0.143. The number of hydrogen-bond acceptors (Lipinski definition) is 7. The number of hydrogen-bond donors (Lipinski definition) is 2. The van der Waals surface area contributed by atoms with Gasteiger partial charge in [0.25, 0.3) is 11.8 Å². The molecular weight excluding hydrogens is 470 g/mol. The second-order valence-corrected chi connectivity index (χ2v) is 8.07. The van der Waals surface area contributed by atoms with Crippen molar-refractivity contribution in [3.63, 3.8) is 0 Å². The summed E-state index contributed by atoms with van der Waals surface area (Å²) < 4.78 is 2.94. The Morgan fingerprint density at radius 1 is 1.20 bits per heavy atom. The zero-order valence-electron chi connectivity index (χ0n) is 19.1. The second kappa shape index (κ2) is 9.74. The number of amides is 2. The Morgan fingerprint density at radius 2 is 2.00 bits per heavy atom. The first kappa shape index (κ1) is 23.6. The summed E-state index contributed by atoms with van der Waals surface area (Å²) >= 11 is 6.35. The van der Waals surface area contributed by atoms with E-state index in [1.165, 1.54) is 17.8 Å². The molecule has 3 heterocycles. The molecule has 0 fully saturated rings. The molecular formula is C23H20ClN9O2. The maximum atomic E-state index is 13.5. The summed E-state index contributed by atoms with van der Waals surface area (Å²) in [6, 6.07) is 9.94. The first-order valence-electron chi connectivity index (χ1n) is 10.5. The Bertz CT molecular complexity index is 1480. The van der Waals surface area contributed by atoms with Crippen molar-refractivity contribution in [1.29, 1.82) is 5.26 Å². The molecule has 3 aromatic heterocycles. The molecule has 0 aliphatic heterocycles. The summed E-state index contributed by atoms with van der Waals surface area (Å²) in [5.74, 6) is -0.717. The van der Waals surface area contributed by atoms with Crippen LogP contribution in [0.5, 0.6) is 0 Å². The summed E-state index contributed by atoms with van der Waals surface area (Å²) in [4.78, 5) is 30.2. The highest BCUT2D eigenvalue weighted by Crippen LogP contribution is 2.25.